The molecule has 2 aliphatic heterocycles. The smallest absolute Gasteiger partial charge is 0.512 e. The molecule has 7 rings (SSSR count). The Morgan fingerprint density at radius 2 is 1.52 bits per heavy atom. The number of hydrogen-bond donors (Lipinski definition) is 0. The SMILES string of the molecule is Cc1cc(Oc2[c-]c(N3c4ccccc4C(C)(C)c4cccnc43)cc(C)c2)[c-]c(C2=N[C@]3(C)CCCCC[C@]3(C)O2)c1.[Pt+2]. The molecule has 3 aromatic carbocycles. The Balaban J connectivity index is 0.00000343. The normalized spacial score (nSPS) is 23.2. The van der Waals surface area contributed by atoms with Crippen LogP contribution in [0.3, 0.4) is 0 Å². The van der Waals surface area contributed by atoms with E-state index < -0.39 is 0 Å². The van der Waals surface area contributed by atoms with Crippen LogP contribution < -0.4 is 9.64 Å². The summed E-state index contributed by atoms with van der Waals surface area (Å²) in [4.78, 5) is 12.2. The molecule has 1 saturated carbocycles. The van der Waals surface area contributed by atoms with Gasteiger partial charge in [0, 0.05) is 34.4 Å². The number of rotatable bonds is 4. The third-order valence-corrected chi connectivity index (χ3v) is 9.77. The van der Waals surface area contributed by atoms with E-state index in [1.54, 1.807) is 0 Å². The molecule has 0 bridgehead atoms. The monoisotopic (exact) mass is 764 g/mol. The molecule has 228 valence electrons. The Labute approximate surface area is 276 Å². The van der Waals surface area contributed by atoms with E-state index in [2.05, 4.69) is 101 Å². The standard InChI is InChI=1S/C38H39N3O2.Pt/c1-25-19-27(35-40-37(5)16-10-7-11-17-38(37,6)43-35)23-29(21-25)42-30-22-26(2)20-28(24-30)41-33-15-9-8-13-31(33)36(3,4)32-14-12-18-39-34(32)41;/h8-9,12-15,18-22H,7,10-11,16-17H2,1-6H3;/q-2;+2/t37-,38+;/m1./s1. The summed E-state index contributed by atoms with van der Waals surface area (Å²) in [6.45, 7) is 13.1. The third kappa shape index (κ3) is 5.07. The molecule has 44 heavy (non-hydrogen) atoms. The molecule has 1 aliphatic carbocycles. The molecule has 0 spiro atoms. The molecule has 0 unspecified atom stereocenters. The van der Waals surface area contributed by atoms with E-state index in [4.69, 9.17) is 19.5 Å². The van der Waals surface area contributed by atoms with Crippen LogP contribution in [0.2, 0.25) is 0 Å². The van der Waals surface area contributed by atoms with Crippen molar-refractivity contribution < 1.29 is 30.5 Å². The molecule has 3 heterocycles. The number of aryl methyl sites for hydroxylation is 2. The van der Waals surface area contributed by atoms with Gasteiger partial charge >= 0.3 is 21.1 Å². The van der Waals surface area contributed by atoms with Crippen LogP contribution >= 0.6 is 0 Å². The number of para-hydroxylation sites is 1. The molecule has 0 radical (unpaired) electrons. The van der Waals surface area contributed by atoms with Crippen LogP contribution in [0.5, 0.6) is 11.5 Å². The van der Waals surface area contributed by atoms with Crippen LogP contribution in [0.25, 0.3) is 0 Å². The Kier molecular flexibility index (Phi) is 7.77. The van der Waals surface area contributed by atoms with Gasteiger partial charge in [0.25, 0.3) is 0 Å². The molecular weight excluding hydrogens is 726 g/mol. The number of ether oxygens (including phenoxy) is 2. The zero-order valence-electron chi connectivity index (χ0n) is 26.4. The van der Waals surface area contributed by atoms with Gasteiger partial charge < -0.3 is 14.4 Å². The summed E-state index contributed by atoms with van der Waals surface area (Å²) in [5.41, 5.74) is 6.70. The molecule has 1 fully saturated rings. The van der Waals surface area contributed by atoms with Gasteiger partial charge in [0.1, 0.15) is 17.3 Å². The predicted molar refractivity (Wildman–Crippen MR) is 172 cm³/mol. The second-order valence-electron chi connectivity index (χ2n) is 13.4. The quantitative estimate of drug-likeness (QED) is 0.195. The van der Waals surface area contributed by atoms with E-state index >= 15 is 0 Å². The average Bonchev–Trinajstić information content (AvgIpc) is 3.14. The summed E-state index contributed by atoms with van der Waals surface area (Å²) in [6, 6.07) is 28.0. The van der Waals surface area contributed by atoms with Crippen molar-refractivity contribution in [2.75, 3.05) is 4.90 Å². The van der Waals surface area contributed by atoms with Crippen molar-refractivity contribution >= 4 is 23.1 Å². The van der Waals surface area contributed by atoms with Crippen molar-refractivity contribution in [3.05, 3.63) is 107 Å². The first-order valence-corrected chi connectivity index (χ1v) is 15.5. The van der Waals surface area contributed by atoms with E-state index in [0.717, 1.165) is 46.7 Å². The summed E-state index contributed by atoms with van der Waals surface area (Å²) >= 11 is 0. The molecule has 0 saturated heterocycles. The van der Waals surface area contributed by atoms with E-state index in [9.17, 15) is 0 Å². The van der Waals surface area contributed by atoms with Gasteiger partial charge in [0.15, 0.2) is 0 Å². The summed E-state index contributed by atoms with van der Waals surface area (Å²) in [6.07, 6.45) is 7.51. The first-order chi connectivity index (χ1) is 20.6. The van der Waals surface area contributed by atoms with Gasteiger partial charge in [0.2, 0.25) is 0 Å². The molecule has 2 atom stereocenters. The van der Waals surface area contributed by atoms with Gasteiger partial charge in [-0.15, -0.1) is 29.8 Å². The number of fused-ring (bicyclic) bond motifs is 3. The topological polar surface area (TPSA) is 47.0 Å². The molecular formula is C38H39N3O2Pt. The van der Waals surface area contributed by atoms with Crippen LogP contribution in [0, 0.1) is 26.0 Å². The molecule has 4 aromatic rings. The van der Waals surface area contributed by atoms with Crippen LogP contribution in [0.15, 0.2) is 71.9 Å². The number of nitrogens with zero attached hydrogens (tertiary/aromatic N) is 3. The fourth-order valence-electron chi connectivity index (χ4n) is 7.12. The summed E-state index contributed by atoms with van der Waals surface area (Å²) in [5.74, 6) is 2.83. The molecule has 1 aromatic heterocycles. The number of aromatic nitrogens is 1. The fraction of sp³-hybridized carbons (Fsp3) is 0.368. The van der Waals surface area contributed by atoms with Gasteiger partial charge in [0.05, 0.1) is 5.54 Å². The number of benzene rings is 3. The van der Waals surface area contributed by atoms with Crippen molar-refractivity contribution in [1.82, 2.24) is 4.98 Å². The van der Waals surface area contributed by atoms with Crippen molar-refractivity contribution in [1.29, 1.82) is 0 Å². The van der Waals surface area contributed by atoms with Crippen molar-refractivity contribution in [3.63, 3.8) is 0 Å². The minimum Gasteiger partial charge on any atom is -0.512 e. The number of anilines is 3. The largest absolute Gasteiger partial charge is 2.00 e. The van der Waals surface area contributed by atoms with Gasteiger partial charge in [-0.05, 0) is 50.8 Å². The van der Waals surface area contributed by atoms with Crippen molar-refractivity contribution in [3.8, 4) is 11.5 Å². The molecule has 6 heteroatoms. The number of pyridine rings is 1. The summed E-state index contributed by atoms with van der Waals surface area (Å²) < 4.78 is 13.1. The Hall–Kier alpha value is -3.43. The maximum absolute atomic E-state index is 6.62. The van der Waals surface area contributed by atoms with Gasteiger partial charge in [-0.25, -0.2) is 4.98 Å². The Morgan fingerprint density at radius 3 is 2.34 bits per heavy atom. The Bertz CT molecular complexity index is 1720. The zero-order chi connectivity index (χ0) is 30.0. The first kappa shape index (κ1) is 30.6. The van der Waals surface area contributed by atoms with Gasteiger partial charge in [-0.3, -0.25) is 4.99 Å². The van der Waals surface area contributed by atoms with Crippen LogP contribution in [-0.2, 0) is 31.2 Å². The minimum absolute atomic E-state index is 0. The van der Waals surface area contributed by atoms with Crippen LogP contribution in [0.4, 0.5) is 17.2 Å². The second-order valence-corrected chi connectivity index (χ2v) is 13.4. The molecule has 0 amide bonds. The Morgan fingerprint density at radius 1 is 0.818 bits per heavy atom. The average molecular weight is 765 g/mol. The van der Waals surface area contributed by atoms with Crippen molar-refractivity contribution in [2.24, 2.45) is 4.99 Å². The number of hydrogen-bond acceptors (Lipinski definition) is 5. The molecule has 0 N–H and O–H groups in total. The van der Waals surface area contributed by atoms with E-state index in [1.165, 1.54) is 30.4 Å². The maximum Gasteiger partial charge on any atom is 2.00 e. The van der Waals surface area contributed by atoms with Gasteiger partial charge in [-0.1, -0.05) is 88.2 Å². The third-order valence-electron chi connectivity index (χ3n) is 9.77. The van der Waals surface area contributed by atoms with E-state index in [1.807, 2.05) is 24.4 Å². The van der Waals surface area contributed by atoms with Crippen molar-refractivity contribution in [2.45, 2.75) is 90.2 Å². The molecule has 5 nitrogen and oxygen atoms in total. The first-order valence-electron chi connectivity index (χ1n) is 15.5. The number of aliphatic imine (C=N–C) groups is 1. The second kappa shape index (κ2) is 11.2. The van der Waals surface area contributed by atoms with Crippen LogP contribution in [0.1, 0.15) is 87.6 Å². The minimum atomic E-state index is -0.291. The maximum atomic E-state index is 6.62. The van der Waals surface area contributed by atoms with Crippen LogP contribution in [-0.4, -0.2) is 22.0 Å². The van der Waals surface area contributed by atoms with E-state index in [0.29, 0.717) is 17.4 Å². The zero-order valence-corrected chi connectivity index (χ0v) is 28.6. The van der Waals surface area contributed by atoms with E-state index in [-0.39, 0.29) is 37.6 Å². The molecule has 3 aliphatic rings. The van der Waals surface area contributed by atoms with Gasteiger partial charge in [-0.2, -0.15) is 5.56 Å². The predicted octanol–water partition coefficient (Wildman–Crippen LogP) is 9.46. The summed E-state index contributed by atoms with van der Waals surface area (Å²) in [7, 11) is 0. The fourth-order valence-corrected chi connectivity index (χ4v) is 7.12. The summed E-state index contributed by atoms with van der Waals surface area (Å²) in [5, 5.41) is 0.